The lowest BCUT2D eigenvalue weighted by Gasteiger charge is -2.21. The zero-order valence-electron chi connectivity index (χ0n) is 15.7. The van der Waals surface area contributed by atoms with Crippen molar-refractivity contribution in [1.82, 2.24) is 0 Å². The van der Waals surface area contributed by atoms with Gasteiger partial charge in [0, 0.05) is 32.7 Å². The number of hydrogen-bond donors (Lipinski definition) is 2. The quantitative estimate of drug-likeness (QED) is 0.347. The Kier molecular flexibility index (Phi) is 6.65. The highest BCUT2D eigenvalue weighted by atomic mass is 32.2. The van der Waals surface area contributed by atoms with Gasteiger partial charge in [-0.05, 0) is 41.8 Å². The molecule has 0 saturated carbocycles. The zero-order chi connectivity index (χ0) is 21.1. The Morgan fingerprint density at radius 3 is 1.73 bits per heavy atom. The largest absolute Gasteiger partial charge is 0.606 e. The second kappa shape index (κ2) is 9.41. The summed E-state index contributed by atoms with van der Waals surface area (Å²) in [6.07, 6.45) is 0. The Morgan fingerprint density at radius 2 is 1.23 bits per heavy atom. The van der Waals surface area contributed by atoms with Gasteiger partial charge in [-0.15, -0.1) is 11.3 Å². The first kappa shape index (κ1) is 21.2. The van der Waals surface area contributed by atoms with Crippen molar-refractivity contribution >= 4 is 46.3 Å². The first-order chi connectivity index (χ1) is 14.6. The first-order valence-electron chi connectivity index (χ1n) is 9.08. The van der Waals surface area contributed by atoms with Gasteiger partial charge < -0.3 is 19.2 Å². The summed E-state index contributed by atoms with van der Waals surface area (Å²) in [5.74, 6) is 0. The van der Waals surface area contributed by atoms with E-state index in [4.69, 9.17) is 0 Å². The van der Waals surface area contributed by atoms with Crippen LogP contribution in [0, 0.1) is 0 Å². The van der Waals surface area contributed by atoms with Gasteiger partial charge in [0.2, 0.25) is 9.79 Å². The lowest BCUT2D eigenvalue weighted by atomic mass is 9.80. The van der Waals surface area contributed by atoms with E-state index in [-0.39, 0.29) is 10.4 Å². The minimum atomic E-state index is -1.85. The molecule has 1 aromatic heterocycles. The van der Waals surface area contributed by atoms with E-state index < -0.39 is 29.5 Å². The van der Waals surface area contributed by atoms with Crippen molar-refractivity contribution in [2.24, 2.45) is 0 Å². The molecule has 4 rings (SSSR count). The lowest BCUT2D eigenvalue weighted by Crippen LogP contribution is -2.36. The van der Waals surface area contributed by atoms with Gasteiger partial charge in [-0.2, -0.15) is 0 Å². The molecule has 8 heteroatoms. The molecular formula is C22H17BO4S3. The molecule has 0 spiro atoms. The van der Waals surface area contributed by atoms with Gasteiger partial charge in [0.15, 0.2) is 9.79 Å². The summed E-state index contributed by atoms with van der Waals surface area (Å²) in [4.78, 5) is 2.40. The van der Waals surface area contributed by atoms with Crippen molar-refractivity contribution in [2.45, 2.75) is 19.6 Å². The van der Waals surface area contributed by atoms with Crippen LogP contribution in [0.25, 0.3) is 10.4 Å². The van der Waals surface area contributed by atoms with Crippen molar-refractivity contribution < 1.29 is 19.2 Å². The van der Waals surface area contributed by atoms with Crippen LogP contribution in [-0.2, 0) is 22.4 Å². The fraction of sp³-hybridized carbons (Fsp3) is 0. The van der Waals surface area contributed by atoms with Crippen LogP contribution in [0.4, 0.5) is 0 Å². The van der Waals surface area contributed by atoms with E-state index in [1.165, 1.54) is 11.3 Å². The van der Waals surface area contributed by atoms with Crippen molar-refractivity contribution in [1.29, 1.82) is 0 Å². The highest BCUT2D eigenvalue weighted by Crippen LogP contribution is 2.39. The van der Waals surface area contributed by atoms with Gasteiger partial charge in [-0.1, -0.05) is 48.5 Å². The molecule has 1 heterocycles. The molecule has 0 fully saturated rings. The zero-order valence-corrected chi connectivity index (χ0v) is 18.1. The topological polar surface area (TPSA) is 86.6 Å². The molecule has 0 aliphatic rings. The van der Waals surface area contributed by atoms with Gasteiger partial charge in [-0.25, -0.2) is 0 Å². The summed E-state index contributed by atoms with van der Waals surface area (Å²) < 4.78 is 27.3. The molecule has 0 aliphatic heterocycles. The van der Waals surface area contributed by atoms with Crippen LogP contribution in [0.3, 0.4) is 0 Å². The number of benzene rings is 3. The fourth-order valence-corrected chi connectivity index (χ4v) is 6.99. The Morgan fingerprint density at radius 1 is 0.667 bits per heavy atom. The monoisotopic (exact) mass is 452 g/mol. The Hall–Kier alpha value is -2.04. The summed E-state index contributed by atoms with van der Waals surface area (Å²) in [6.45, 7) is 0. The fourth-order valence-electron chi connectivity index (χ4n) is 3.11. The van der Waals surface area contributed by atoms with Gasteiger partial charge in [0.25, 0.3) is 0 Å². The molecule has 0 bridgehead atoms. The molecule has 3 aromatic carbocycles. The predicted octanol–water partition coefficient (Wildman–Crippen LogP) is 3.43. The molecule has 0 saturated heterocycles. The van der Waals surface area contributed by atoms with Gasteiger partial charge in [-0.3, -0.25) is 0 Å². The molecule has 2 atom stereocenters. The van der Waals surface area contributed by atoms with Crippen molar-refractivity contribution in [3.8, 4) is 10.4 Å². The van der Waals surface area contributed by atoms with Crippen molar-refractivity contribution in [3.05, 3.63) is 90.3 Å². The Bertz CT molecular complexity index is 1110. The maximum absolute atomic E-state index is 13.7. The molecule has 2 N–H and O–H groups in total. The van der Waals surface area contributed by atoms with Crippen LogP contribution >= 0.6 is 11.3 Å². The predicted molar refractivity (Wildman–Crippen MR) is 122 cm³/mol. The smallest absolute Gasteiger partial charge is 0.493 e. The second-order valence-corrected chi connectivity index (χ2v) is 10.2. The normalized spacial score (nSPS) is 13.1. The van der Waals surface area contributed by atoms with Crippen molar-refractivity contribution in [2.75, 3.05) is 0 Å². The molecule has 0 aliphatic carbocycles. The van der Waals surface area contributed by atoms with Crippen LogP contribution in [0.2, 0.25) is 0 Å². The summed E-state index contributed by atoms with van der Waals surface area (Å²) in [6, 6.07) is 24.7. The number of rotatable bonds is 6. The maximum atomic E-state index is 13.7. The third-order valence-electron chi connectivity index (χ3n) is 4.49. The second-order valence-electron chi connectivity index (χ2n) is 6.38. The molecule has 4 aromatic rings. The van der Waals surface area contributed by atoms with E-state index >= 15 is 0 Å². The van der Waals surface area contributed by atoms with Crippen LogP contribution in [0.15, 0.2) is 110 Å². The third-order valence-corrected chi connectivity index (χ3v) is 8.53. The summed E-state index contributed by atoms with van der Waals surface area (Å²) in [5.41, 5.74) is 0.743. The first-order valence-corrected chi connectivity index (χ1v) is 12.3. The number of thiophene rings is 1. The molecule has 150 valence electrons. The van der Waals surface area contributed by atoms with E-state index in [2.05, 4.69) is 0 Å². The average molecular weight is 452 g/mol. The molecule has 30 heavy (non-hydrogen) atoms. The average Bonchev–Trinajstić information content (AvgIpc) is 3.33. The van der Waals surface area contributed by atoms with Crippen LogP contribution in [0.1, 0.15) is 0 Å². The SMILES string of the molecule is [O-][S+](c1ccccc1)c1c(B(O)O)ccc(-c2cccs2)c1[S+]([O-])c1ccccc1. The van der Waals surface area contributed by atoms with E-state index in [1.54, 1.807) is 60.7 Å². The van der Waals surface area contributed by atoms with Gasteiger partial charge >= 0.3 is 7.12 Å². The van der Waals surface area contributed by atoms with Crippen LogP contribution < -0.4 is 5.46 Å². The Labute approximate surface area is 185 Å². The van der Waals surface area contributed by atoms with Crippen LogP contribution in [0.5, 0.6) is 0 Å². The van der Waals surface area contributed by atoms with Gasteiger partial charge in [0.1, 0.15) is 0 Å². The highest BCUT2D eigenvalue weighted by Gasteiger charge is 2.38. The highest BCUT2D eigenvalue weighted by molar-refractivity contribution is 7.94. The van der Waals surface area contributed by atoms with E-state index in [0.29, 0.717) is 20.2 Å². The summed E-state index contributed by atoms with van der Waals surface area (Å²) >= 11 is -1.97. The van der Waals surface area contributed by atoms with E-state index in [9.17, 15) is 19.2 Å². The molecule has 0 amide bonds. The lowest BCUT2D eigenvalue weighted by molar-refractivity contribution is 0.424. The minimum Gasteiger partial charge on any atom is -0.606 e. The van der Waals surface area contributed by atoms with E-state index in [0.717, 1.165) is 4.88 Å². The number of hydrogen-bond acceptors (Lipinski definition) is 5. The minimum absolute atomic E-state index is 0.0803. The summed E-state index contributed by atoms with van der Waals surface area (Å²) in [5, 5.41) is 22.0. The summed E-state index contributed by atoms with van der Waals surface area (Å²) in [7, 11) is -1.85. The van der Waals surface area contributed by atoms with Gasteiger partial charge in [0.05, 0.1) is 5.56 Å². The standard InChI is InChI=1S/C22H17BO4S3/c24-23(25)19-14-13-18(20-12-7-15-28-20)21(29(26)16-8-3-1-4-9-16)22(19)30(27)17-10-5-2-6-11-17/h1-15,24-25H. The maximum Gasteiger partial charge on any atom is 0.493 e. The molecule has 2 unspecified atom stereocenters. The molecule has 0 radical (unpaired) electrons. The van der Waals surface area contributed by atoms with Crippen molar-refractivity contribution in [3.63, 3.8) is 0 Å². The molecule has 4 nitrogen and oxygen atoms in total. The molecular weight excluding hydrogens is 435 g/mol. The van der Waals surface area contributed by atoms with Crippen LogP contribution in [-0.4, -0.2) is 26.3 Å². The Balaban J connectivity index is 2.01. The van der Waals surface area contributed by atoms with E-state index in [1.807, 2.05) is 29.6 Å². The third kappa shape index (κ3) is 4.21.